The van der Waals surface area contributed by atoms with E-state index in [0.717, 1.165) is 5.56 Å². The van der Waals surface area contributed by atoms with Crippen LogP contribution >= 0.6 is 0 Å². The van der Waals surface area contributed by atoms with Gasteiger partial charge >= 0.3 is 5.97 Å². The Morgan fingerprint density at radius 1 is 1.19 bits per heavy atom. The Balaban J connectivity index is 2.34. The number of benzene rings is 1. The largest absolute Gasteiger partial charge is 0.481 e. The molecular formula is C15H15N3O3. The van der Waals surface area contributed by atoms with Gasteiger partial charge in [0.15, 0.2) is 0 Å². The van der Waals surface area contributed by atoms with Crippen LogP contribution in [0.2, 0.25) is 0 Å². The smallest absolute Gasteiger partial charge is 0.305 e. The SMILES string of the molecule is Cc1ccccc1N(CCC(=O)O)C(=O)c1ccnnc1. The number of rotatable bonds is 5. The lowest BCUT2D eigenvalue weighted by Crippen LogP contribution is -2.33. The number of aromatic nitrogens is 2. The first-order valence-electron chi connectivity index (χ1n) is 6.45. The van der Waals surface area contributed by atoms with Crippen LogP contribution < -0.4 is 4.90 Å². The summed E-state index contributed by atoms with van der Waals surface area (Å²) in [4.78, 5) is 24.9. The minimum atomic E-state index is -0.950. The number of hydrogen-bond acceptors (Lipinski definition) is 4. The molecule has 108 valence electrons. The summed E-state index contributed by atoms with van der Waals surface area (Å²) in [7, 11) is 0. The van der Waals surface area contributed by atoms with Crippen LogP contribution in [0.15, 0.2) is 42.7 Å². The number of carboxylic acids is 1. The van der Waals surface area contributed by atoms with Gasteiger partial charge < -0.3 is 10.0 Å². The second kappa shape index (κ2) is 6.60. The Morgan fingerprint density at radius 2 is 1.95 bits per heavy atom. The van der Waals surface area contributed by atoms with E-state index in [2.05, 4.69) is 10.2 Å². The molecule has 0 bridgehead atoms. The minimum Gasteiger partial charge on any atom is -0.481 e. The van der Waals surface area contributed by atoms with E-state index in [1.807, 2.05) is 25.1 Å². The van der Waals surface area contributed by atoms with Crippen molar-refractivity contribution >= 4 is 17.6 Å². The number of aryl methyl sites for hydroxylation is 1. The predicted molar refractivity (Wildman–Crippen MR) is 77.1 cm³/mol. The number of carbonyl (C=O) groups is 2. The van der Waals surface area contributed by atoms with Gasteiger partial charge in [0, 0.05) is 12.2 Å². The van der Waals surface area contributed by atoms with Gasteiger partial charge in [-0.1, -0.05) is 18.2 Å². The van der Waals surface area contributed by atoms with Crippen LogP contribution in [0.4, 0.5) is 5.69 Å². The first-order chi connectivity index (χ1) is 10.1. The lowest BCUT2D eigenvalue weighted by molar-refractivity contribution is -0.136. The summed E-state index contributed by atoms with van der Waals surface area (Å²) < 4.78 is 0. The molecule has 21 heavy (non-hydrogen) atoms. The Bertz CT molecular complexity index is 644. The van der Waals surface area contributed by atoms with Gasteiger partial charge in [-0.05, 0) is 24.6 Å². The number of hydrogen-bond donors (Lipinski definition) is 1. The minimum absolute atomic E-state index is 0.0986. The lowest BCUT2D eigenvalue weighted by atomic mass is 10.1. The molecule has 6 heteroatoms. The van der Waals surface area contributed by atoms with E-state index in [0.29, 0.717) is 11.3 Å². The zero-order valence-electron chi connectivity index (χ0n) is 11.6. The number of para-hydroxylation sites is 1. The highest BCUT2D eigenvalue weighted by Gasteiger charge is 2.20. The third-order valence-corrected chi connectivity index (χ3v) is 3.03. The molecule has 0 radical (unpaired) electrons. The molecule has 1 N–H and O–H groups in total. The molecule has 2 rings (SSSR count). The van der Waals surface area contributed by atoms with Gasteiger partial charge in [-0.25, -0.2) is 0 Å². The average molecular weight is 285 g/mol. The molecule has 0 unspecified atom stereocenters. The maximum Gasteiger partial charge on any atom is 0.305 e. The van der Waals surface area contributed by atoms with Crippen molar-refractivity contribution in [3.8, 4) is 0 Å². The zero-order chi connectivity index (χ0) is 15.2. The molecule has 1 heterocycles. The van der Waals surface area contributed by atoms with E-state index in [1.165, 1.54) is 17.3 Å². The van der Waals surface area contributed by atoms with E-state index in [4.69, 9.17) is 5.11 Å². The van der Waals surface area contributed by atoms with Crippen LogP contribution in [-0.2, 0) is 4.79 Å². The molecule has 0 spiro atoms. The first-order valence-corrected chi connectivity index (χ1v) is 6.45. The van der Waals surface area contributed by atoms with Crippen LogP contribution in [0.1, 0.15) is 22.3 Å². The van der Waals surface area contributed by atoms with Gasteiger partial charge in [0.2, 0.25) is 0 Å². The third-order valence-electron chi connectivity index (χ3n) is 3.03. The molecular weight excluding hydrogens is 270 g/mol. The van der Waals surface area contributed by atoms with Crippen LogP contribution in [0.5, 0.6) is 0 Å². The molecule has 1 amide bonds. The Morgan fingerprint density at radius 3 is 2.57 bits per heavy atom. The summed E-state index contributed by atoms with van der Waals surface area (Å²) in [6, 6.07) is 8.91. The molecule has 0 fully saturated rings. The number of carboxylic acid groups (broad SMARTS) is 1. The van der Waals surface area contributed by atoms with Gasteiger partial charge in [-0.2, -0.15) is 10.2 Å². The quantitative estimate of drug-likeness (QED) is 0.907. The highest BCUT2D eigenvalue weighted by molar-refractivity contribution is 6.06. The first kappa shape index (κ1) is 14.6. The van der Waals surface area contributed by atoms with Crippen LogP contribution in [0, 0.1) is 6.92 Å². The third kappa shape index (κ3) is 3.62. The van der Waals surface area contributed by atoms with E-state index in [9.17, 15) is 9.59 Å². The fourth-order valence-corrected chi connectivity index (χ4v) is 1.98. The maximum atomic E-state index is 12.6. The number of amides is 1. The van der Waals surface area contributed by atoms with E-state index in [1.54, 1.807) is 12.1 Å². The molecule has 2 aromatic rings. The van der Waals surface area contributed by atoms with Gasteiger partial charge in [0.05, 0.1) is 24.4 Å². The molecule has 0 aliphatic carbocycles. The summed E-state index contributed by atoms with van der Waals surface area (Å²) in [5.41, 5.74) is 1.97. The maximum absolute atomic E-state index is 12.6. The number of nitrogens with zero attached hydrogens (tertiary/aromatic N) is 3. The topological polar surface area (TPSA) is 83.4 Å². The van der Waals surface area contributed by atoms with Crippen LogP contribution in [-0.4, -0.2) is 33.7 Å². The van der Waals surface area contributed by atoms with Gasteiger partial charge in [0.1, 0.15) is 0 Å². The fourth-order valence-electron chi connectivity index (χ4n) is 1.98. The second-order valence-electron chi connectivity index (χ2n) is 4.52. The molecule has 6 nitrogen and oxygen atoms in total. The molecule has 0 saturated carbocycles. The Kier molecular flexibility index (Phi) is 4.61. The molecule has 0 atom stereocenters. The average Bonchev–Trinajstić information content (AvgIpc) is 2.49. The molecule has 0 saturated heterocycles. The van der Waals surface area contributed by atoms with Crippen molar-refractivity contribution in [2.75, 3.05) is 11.4 Å². The van der Waals surface area contributed by atoms with Crippen LogP contribution in [0.25, 0.3) is 0 Å². The normalized spacial score (nSPS) is 10.1. The Labute approximate surface area is 122 Å². The monoisotopic (exact) mass is 285 g/mol. The summed E-state index contributed by atoms with van der Waals surface area (Å²) in [5, 5.41) is 16.2. The number of carbonyl (C=O) groups excluding carboxylic acids is 1. The standard InChI is InChI=1S/C15H15N3O3/c1-11-4-2-3-5-13(11)18(9-7-14(19)20)15(21)12-6-8-16-17-10-12/h2-6,8,10H,7,9H2,1H3,(H,19,20). The van der Waals surface area contributed by atoms with Crippen molar-refractivity contribution < 1.29 is 14.7 Å². The molecule has 1 aromatic heterocycles. The molecule has 1 aromatic carbocycles. The number of aliphatic carboxylic acids is 1. The van der Waals surface area contributed by atoms with Crippen molar-refractivity contribution in [1.29, 1.82) is 0 Å². The zero-order valence-corrected chi connectivity index (χ0v) is 11.6. The van der Waals surface area contributed by atoms with E-state index < -0.39 is 5.97 Å². The van der Waals surface area contributed by atoms with Crippen molar-refractivity contribution in [1.82, 2.24) is 10.2 Å². The predicted octanol–water partition coefficient (Wildman–Crippen LogP) is 1.91. The summed E-state index contributed by atoms with van der Waals surface area (Å²) in [6.45, 7) is 1.97. The van der Waals surface area contributed by atoms with Crippen molar-refractivity contribution in [2.24, 2.45) is 0 Å². The summed E-state index contributed by atoms with van der Waals surface area (Å²) in [5.74, 6) is -1.24. The van der Waals surface area contributed by atoms with Crippen molar-refractivity contribution in [3.63, 3.8) is 0 Å². The van der Waals surface area contributed by atoms with E-state index in [-0.39, 0.29) is 18.9 Å². The summed E-state index contributed by atoms with van der Waals surface area (Å²) >= 11 is 0. The second-order valence-corrected chi connectivity index (χ2v) is 4.52. The summed E-state index contributed by atoms with van der Waals surface area (Å²) in [6.07, 6.45) is 2.67. The molecule has 0 aliphatic heterocycles. The van der Waals surface area contributed by atoms with Gasteiger partial charge in [-0.3, -0.25) is 9.59 Å². The van der Waals surface area contributed by atoms with Gasteiger partial charge in [0.25, 0.3) is 5.91 Å². The van der Waals surface area contributed by atoms with Gasteiger partial charge in [-0.15, -0.1) is 0 Å². The highest BCUT2D eigenvalue weighted by Crippen LogP contribution is 2.21. The van der Waals surface area contributed by atoms with Crippen molar-refractivity contribution in [2.45, 2.75) is 13.3 Å². The van der Waals surface area contributed by atoms with Crippen LogP contribution in [0.3, 0.4) is 0 Å². The highest BCUT2D eigenvalue weighted by atomic mass is 16.4. The van der Waals surface area contributed by atoms with E-state index >= 15 is 0 Å². The lowest BCUT2D eigenvalue weighted by Gasteiger charge is -2.23. The Hall–Kier alpha value is -2.76. The number of anilines is 1. The molecule has 0 aliphatic rings. The fraction of sp³-hybridized carbons (Fsp3) is 0.200. The van der Waals surface area contributed by atoms with Crippen molar-refractivity contribution in [3.05, 3.63) is 53.9 Å².